The monoisotopic (exact) mass is 168 g/mol. The molecular formula is C10H20N2. The number of nitrogens with one attached hydrogen (secondary N) is 2. The van der Waals surface area contributed by atoms with Crippen LogP contribution in [0.1, 0.15) is 34.6 Å². The molecule has 0 bridgehead atoms. The van der Waals surface area contributed by atoms with Gasteiger partial charge in [-0.15, -0.1) is 0 Å². The van der Waals surface area contributed by atoms with E-state index < -0.39 is 0 Å². The van der Waals surface area contributed by atoms with Gasteiger partial charge in [0.2, 0.25) is 0 Å². The van der Waals surface area contributed by atoms with Crippen molar-refractivity contribution in [2.75, 3.05) is 0 Å². The molecule has 2 nitrogen and oxygen atoms in total. The molecule has 0 saturated carbocycles. The van der Waals surface area contributed by atoms with Crippen LogP contribution in [-0.2, 0) is 0 Å². The van der Waals surface area contributed by atoms with Gasteiger partial charge in [-0.25, -0.2) is 0 Å². The fraction of sp³-hybridized carbons (Fsp3) is 0.700. The SMILES string of the molecule is CC(C)/C(C=N)=C/NC(C)(C)C. The van der Waals surface area contributed by atoms with E-state index in [0.29, 0.717) is 5.92 Å². The first-order valence-corrected chi connectivity index (χ1v) is 4.35. The summed E-state index contributed by atoms with van der Waals surface area (Å²) in [6, 6.07) is 0. The maximum absolute atomic E-state index is 7.16. The van der Waals surface area contributed by atoms with E-state index in [-0.39, 0.29) is 5.54 Å². The highest BCUT2D eigenvalue weighted by atomic mass is 14.9. The minimum atomic E-state index is 0.0865. The molecule has 0 unspecified atom stereocenters. The summed E-state index contributed by atoms with van der Waals surface area (Å²) in [4.78, 5) is 0. The highest BCUT2D eigenvalue weighted by molar-refractivity contribution is 5.76. The lowest BCUT2D eigenvalue weighted by Gasteiger charge is -2.20. The van der Waals surface area contributed by atoms with Crippen molar-refractivity contribution in [1.82, 2.24) is 5.32 Å². The molecule has 0 aliphatic carbocycles. The van der Waals surface area contributed by atoms with Crippen molar-refractivity contribution in [1.29, 1.82) is 5.41 Å². The second-order valence-electron chi connectivity index (χ2n) is 4.34. The molecule has 0 saturated heterocycles. The number of rotatable bonds is 3. The second-order valence-corrected chi connectivity index (χ2v) is 4.34. The van der Waals surface area contributed by atoms with Gasteiger partial charge in [0.15, 0.2) is 0 Å². The Morgan fingerprint density at radius 1 is 1.33 bits per heavy atom. The van der Waals surface area contributed by atoms with Crippen LogP contribution in [-0.4, -0.2) is 11.8 Å². The van der Waals surface area contributed by atoms with Gasteiger partial charge in [0, 0.05) is 18.0 Å². The van der Waals surface area contributed by atoms with E-state index in [0.717, 1.165) is 5.57 Å². The van der Waals surface area contributed by atoms with Crippen LogP contribution >= 0.6 is 0 Å². The maximum Gasteiger partial charge on any atom is 0.0284 e. The predicted octanol–water partition coefficient (Wildman–Crippen LogP) is 2.56. The van der Waals surface area contributed by atoms with Gasteiger partial charge >= 0.3 is 0 Å². The van der Waals surface area contributed by atoms with Crippen LogP contribution in [0.2, 0.25) is 0 Å². The first-order chi connectivity index (χ1) is 5.37. The zero-order chi connectivity index (χ0) is 9.78. The molecule has 0 fully saturated rings. The van der Waals surface area contributed by atoms with Gasteiger partial charge < -0.3 is 10.7 Å². The van der Waals surface area contributed by atoms with Crippen molar-refractivity contribution in [3.63, 3.8) is 0 Å². The van der Waals surface area contributed by atoms with Crippen LogP contribution in [0.5, 0.6) is 0 Å². The smallest absolute Gasteiger partial charge is 0.0284 e. The molecule has 0 aliphatic heterocycles. The van der Waals surface area contributed by atoms with Gasteiger partial charge in [0.05, 0.1) is 0 Å². The van der Waals surface area contributed by atoms with Gasteiger partial charge in [-0.3, -0.25) is 0 Å². The van der Waals surface area contributed by atoms with Crippen molar-refractivity contribution in [3.05, 3.63) is 11.8 Å². The first kappa shape index (κ1) is 11.2. The Hall–Kier alpha value is -0.790. The lowest BCUT2D eigenvalue weighted by atomic mass is 10.0. The fourth-order valence-corrected chi connectivity index (χ4v) is 0.675. The van der Waals surface area contributed by atoms with Gasteiger partial charge in [-0.05, 0) is 32.3 Å². The molecule has 2 N–H and O–H groups in total. The largest absolute Gasteiger partial charge is 0.386 e. The van der Waals surface area contributed by atoms with Crippen molar-refractivity contribution in [3.8, 4) is 0 Å². The van der Waals surface area contributed by atoms with E-state index in [1.54, 1.807) is 0 Å². The zero-order valence-corrected chi connectivity index (χ0v) is 8.73. The second kappa shape index (κ2) is 4.29. The number of hydrogen-bond donors (Lipinski definition) is 2. The summed E-state index contributed by atoms with van der Waals surface area (Å²) in [5.74, 6) is 0.414. The molecule has 0 aromatic carbocycles. The van der Waals surface area contributed by atoms with E-state index in [9.17, 15) is 0 Å². The van der Waals surface area contributed by atoms with Crippen molar-refractivity contribution < 1.29 is 0 Å². The summed E-state index contributed by atoms with van der Waals surface area (Å²) in [5.41, 5.74) is 1.12. The predicted molar refractivity (Wildman–Crippen MR) is 54.6 cm³/mol. The van der Waals surface area contributed by atoms with Gasteiger partial charge in [-0.2, -0.15) is 0 Å². The van der Waals surface area contributed by atoms with Crippen LogP contribution in [0.4, 0.5) is 0 Å². The zero-order valence-electron chi connectivity index (χ0n) is 8.73. The lowest BCUT2D eigenvalue weighted by Crippen LogP contribution is -2.31. The van der Waals surface area contributed by atoms with Crippen LogP contribution in [0.3, 0.4) is 0 Å². The summed E-state index contributed by atoms with van der Waals surface area (Å²) in [5, 5.41) is 10.4. The molecule has 0 heterocycles. The average Bonchev–Trinajstić information content (AvgIpc) is 1.85. The van der Waals surface area contributed by atoms with E-state index in [2.05, 4.69) is 39.9 Å². The van der Waals surface area contributed by atoms with Crippen molar-refractivity contribution >= 4 is 6.21 Å². The third-order valence-corrected chi connectivity index (χ3v) is 1.51. The summed E-state index contributed by atoms with van der Waals surface area (Å²) < 4.78 is 0. The molecule has 0 aromatic rings. The van der Waals surface area contributed by atoms with E-state index in [4.69, 9.17) is 5.41 Å². The quantitative estimate of drug-likeness (QED) is 0.624. The standard InChI is InChI=1S/C10H20N2/c1-8(2)9(6-11)7-12-10(3,4)5/h6-8,11-12H,1-5H3/b9-7+,11-6?. The minimum Gasteiger partial charge on any atom is -0.386 e. The van der Waals surface area contributed by atoms with Crippen LogP contribution in [0.25, 0.3) is 0 Å². The summed E-state index contributed by atoms with van der Waals surface area (Å²) in [6.07, 6.45) is 3.33. The Kier molecular flexibility index (Phi) is 4.01. The van der Waals surface area contributed by atoms with Crippen molar-refractivity contribution in [2.45, 2.75) is 40.2 Å². The Labute approximate surface area is 75.6 Å². The molecule has 0 spiro atoms. The minimum absolute atomic E-state index is 0.0865. The normalized spacial score (nSPS) is 13.3. The Bertz CT molecular complexity index is 173. The molecule has 0 rings (SSSR count). The third-order valence-electron chi connectivity index (χ3n) is 1.51. The lowest BCUT2D eigenvalue weighted by molar-refractivity contribution is 0.488. The average molecular weight is 168 g/mol. The van der Waals surface area contributed by atoms with Gasteiger partial charge in [0.25, 0.3) is 0 Å². The number of hydrogen-bond acceptors (Lipinski definition) is 2. The van der Waals surface area contributed by atoms with E-state index in [1.165, 1.54) is 6.21 Å². The molecular weight excluding hydrogens is 148 g/mol. The highest BCUT2D eigenvalue weighted by Crippen LogP contribution is 2.06. The molecule has 0 aromatic heterocycles. The van der Waals surface area contributed by atoms with E-state index >= 15 is 0 Å². The van der Waals surface area contributed by atoms with Crippen molar-refractivity contribution in [2.24, 2.45) is 5.92 Å². The summed E-state index contributed by atoms with van der Waals surface area (Å²) >= 11 is 0. The fourth-order valence-electron chi connectivity index (χ4n) is 0.675. The molecule has 0 aliphatic rings. The summed E-state index contributed by atoms with van der Waals surface area (Å²) in [6.45, 7) is 10.5. The molecule has 0 amide bonds. The van der Waals surface area contributed by atoms with Gasteiger partial charge in [-0.1, -0.05) is 13.8 Å². The number of allylic oxidation sites excluding steroid dienone is 1. The topological polar surface area (TPSA) is 35.9 Å². The summed E-state index contributed by atoms with van der Waals surface area (Å²) in [7, 11) is 0. The molecule has 70 valence electrons. The molecule has 0 radical (unpaired) electrons. The van der Waals surface area contributed by atoms with Crippen LogP contribution in [0, 0.1) is 11.3 Å². The van der Waals surface area contributed by atoms with Crippen LogP contribution < -0.4 is 5.32 Å². The Morgan fingerprint density at radius 3 is 2.08 bits per heavy atom. The van der Waals surface area contributed by atoms with Crippen LogP contribution in [0.15, 0.2) is 11.8 Å². The molecule has 0 atom stereocenters. The highest BCUT2D eigenvalue weighted by Gasteiger charge is 2.06. The maximum atomic E-state index is 7.16. The molecule has 12 heavy (non-hydrogen) atoms. The van der Waals surface area contributed by atoms with Gasteiger partial charge in [0.1, 0.15) is 0 Å². The Morgan fingerprint density at radius 2 is 1.83 bits per heavy atom. The third kappa shape index (κ3) is 4.94. The molecule has 2 heteroatoms. The Balaban J connectivity index is 4.22. The van der Waals surface area contributed by atoms with E-state index in [1.807, 2.05) is 6.20 Å². The first-order valence-electron chi connectivity index (χ1n) is 4.35.